The van der Waals surface area contributed by atoms with Gasteiger partial charge in [-0.3, -0.25) is 9.36 Å². The van der Waals surface area contributed by atoms with Crippen LogP contribution in [0.5, 0.6) is 0 Å². The molecule has 0 radical (unpaired) electrons. The molecule has 5 aromatic rings. The minimum Gasteiger partial charge on any atom is -0.324 e. The van der Waals surface area contributed by atoms with Crippen molar-refractivity contribution < 1.29 is 8.42 Å². The second-order valence-electron chi connectivity index (χ2n) is 11.8. The van der Waals surface area contributed by atoms with Gasteiger partial charge in [-0.25, -0.2) is 13.4 Å². The Bertz CT molecular complexity index is 1960. The van der Waals surface area contributed by atoms with Crippen LogP contribution in [0.4, 0.5) is 11.6 Å². The van der Waals surface area contributed by atoms with E-state index in [-0.39, 0.29) is 16.2 Å². The molecule has 1 saturated carbocycles. The molecule has 0 saturated heterocycles. The molecule has 0 bridgehead atoms. The fourth-order valence-corrected chi connectivity index (χ4v) is 7.74. The van der Waals surface area contributed by atoms with Crippen LogP contribution in [0.15, 0.2) is 94.7 Å². The van der Waals surface area contributed by atoms with E-state index in [0.29, 0.717) is 51.8 Å². The molecule has 0 aliphatic heterocycles. The van der Waals surface area contributed by atoms with Crippen LogP contribution >= 0.6 is 0 Å². The van der Waals surface area contributed by atoms with Crippen molar-refractivity contribution in [2.24, 2.45) is 0 Å². The Labute approximate surface area is 258 Å². The number of hydrogen-bond acceptors (Lipinski definition) is 7. The molecule has 0 amide bonds. The summed E-state index contributed by atoms with van der Waals surface area (Å²) in [5.74, 6) is 1.01. The van der Waals surface area contributed by atoms with Gasteiger partial charge in [-0.05, 0) is 92.9 Å². The highest BCUT2D eigenvalue weighted by Gasteiger charge is 2.22. The summed E-state index contributed by atoms with van der Waals surface area (Å²) in [6, 6.07) is 24.7. The number of aromatic nitrogens is 3. The lowest BCUT2D eigenvalue weighted by Gasteiger charge is -2.17. The van der Waals surface area contributed by atoms with Crippen molar-refractivity contribution >= 4 is 32.5 Å². The molecule has 3 aromatic carbocycles. The van der Waals surface area contributed by atoms with Crippen molar-refractivity contribution in [2.75, 3.05) is 31.7 Å². The van der Waals surface area contributed by atoms with Crippen LogP contribution in [0.3, 0.4) is 0 Å². The highest BCUT2D eigenvalue weighted by molar-refractivity contribution is 7.91. The summed E-state index contributed by atoms with van der Waals surface area (Å²) in [5.41, 5.74) is 4.55. The van der Waals surface area contributed by atoms with E-state index in [4.69, 9.17) is 4.98 Å². The van der Waals surface area contributed by atoms with E-state index < -0.39 is 9.84 Å². The maximum absolute atomic E-state index is 14.3. The predicted molar refractivity (Wildman–Crippen MR) is 177 cm³/mol. The van der Waals surface area contributed by atoms with E-state index in [1.807, 2.05) is 49.3 Å². The topological polar surface area (TPSA) is 97.2 Å². The summed E-state index contributed by atoms with van der Waals surface area (Å²) < 4.78 is 28.1. The van der Waals surface area contributed by atoms with Crippen LogP contribution in [0.1, 0.15) is 42.7 Å². The van der Waals surface area contributed by atoms with Crippen LogP contribution in [0, 0.1) is 6.92 Å². The Hall–Kier alpha value is -4.34. The summed E-state index contributed by atoms with van der Waals surface area (Å²) in [7, 11) is 0.125. The smallest absolute Gasteiger partial charge is 0.264 e. The molecule has 6 rings (SSSR count). The third-order valence-corrected chi connectivity index (χ3v) is 10.3. The Morgan fingerprint density at radius 3 is 2.36 bits per heavy atom. The van der Waals surface area contributed by atoms with Gasteiger partial charge in [0.1, 0.15) is 0 Å². The first-order valence-electron chi connectivity index (χ1n) is 15.0. The van der Waals surface area contributed by atoms with Crippen LogP contribution < -0.4 is 10.9 Å². The van der Waals surface area contributed by atoms with Gasteiger partial charge >= 0.3 is 0 Å². The zero-order valence-corrected chi connectivity index (χ0v) is 26.1. The lowest BCUT2D eigenvalue weighted by molar-refractivity contribution is 0.432. The van der Waals surface area contributed by atoms with Gasteiger partial charge in [-0.2, -0.15) is 4.98 Å². The zero-order valence-electron chi connectivity index (χ0n) is 25.3. The third-order valence-electron chi connectivity index (χ3n) is 8.47. The van der Waals surface area contributed by atoms with Crippen LogP contribution in [0.25, 0.3) is 27.8 Å². The lowest BCUT2D eigenvalue weighted by atomic mass is 9.98. The zero-order chi connectivity index (χ0) is 30.8. The van der Waals surface area contributed by atoms with Crippen LogP contribution in [-0.2, 0) is 9.84 Å². The number of hydrogen-bond donors (Lipinski definition) is 1. The van der Waals surface area contributed by atoms with Crippen molar-refractivity contribution in [1.29, 1.82) is 0 Å². The lowest BCUT2D eigenvalue weighted by Crippen LogP contribution is -2.23. The number of sulfone groups is 1. The van der Waals surface area contributed by atoms with Crippen molar-refractivity contribution in [3.63, 3.8) is 0 Å². The molecule has 1 N–H and O–H groups in total. The number of para-hydroxylation sites is 1. The van der Waals surface area contributed by atoms with Crippen molar-refractivity contribution in [3.8, 4) is 16.8 Å². The molecule has 9 heteroatoms. The first kappa shape index (κ1) is 29.7. The number of nitrogens with one attached hydrogen (secondary N) is 1. The number of anilines is 2. The fourth-order valence-electron chi connectivity index (χ4n) is 6.05. The van der Waals surface area contributed by atoms with E-state index >= 15 is 0 Å². The molecular weight excluding hydrogens is 570 g/mol. The number of nitrogens with zero attached hydrogens (tertiary/aromatic N) is 4. The summed E-state index contributed by atoms with van der Waals surface area (Å²) in [6.45, 7) is 2.16. The van der Waals surface area contributed by atoms with Crippen molar-refractivity contribution in [2.45, 2.75) is 43.4 Å². The Morgan fingerprint density at radius 2 is 1.66 bits per heavy atom. The normalized spacial score (nSPS) is 14.0. The Balaban J connectivity index is 1.43. The van der Waals surface area contributed by atoms with E-state index in [9.17, 15) is 13.2 Å². The van der Waals surface area contributed by atoms with Gasteiger partial charge in [0.05, 0.1) is 16.3 Å². The second kappa shape index (κ2) is 12.3. The summed E-state index contributed by atoms with van der Waals surface area (Å²) in [6.07, 6.45) is 6.78. The first-order valence-corrected chi connectivity index (χ1v) is 16.7. The molecule has 8 nitrogen and oxygen atoms in total. The Kier molecular flexibility index (Phi) is 8.33. The van der Waals surface area contributed by atoms with E-state index in [1.54, 1.807) is 42.0 Å². The number of rotatable bonds is 9. The maximum Gasteiger partial charge on any atom is 0.264 e. The van der Waals surface area contributed by atoms with E-state index in [2.05, 4.69) is 34.6 Å². The quantitative estimate of drug-likeness (QED) is 0.205. The molecule has 1 aliphatic carbocycles. The largest absolute Gasteiger partial charge is 0.324 e. The van der Waals surface area contributed by atoms with Crippen molar-refractivity contribution in [3.05, 3.63) is 107 Å². The molecule has 0 spiro atoms. The average Bonchev–Trinajstić information content (AvgIpc) is 3.56. The third kappa shape index (κ3) is 6.02. The summed E-state index contributed by atoms with van der Waals surface area (Å²) >= 11 is 0. The molecule has 0 unspecified atom stereocenters. The molecule has 0 atom stereocenters. The van der Waals surface area contributed by atoms with Crippen molar-refractivity contribution in [1.82, 2.24) is 19.4 Å². The van der Waals surface area contributed by atoms with Gasteiger partial charge in [-0.1, -0.05) is 55.3 Å². The van der Waals surface area contributed by atoms with Gasteiger partial charge in [0.2, 0.25) is 5.95 Å². The molecule has 2 heterocycles. The summed E-state index contributed by atoms with van der Waals surface area (Å²) in [4.78, 5) is 25.7. The number of benzene rings is 3. The summed E-state index contributed by atoms with van der Waals surface area (Å²) in [5, 5.41) is 3.96. The monoisotopic (exact) mass is 607 g/mol. The minimum absolute atomic E-state index is 0.0107. The van der Waals surface area contributed by atoms with Crippen LogP contribution in [0.2, 0.25) is 0 Å². The standard InChI is InChI=1S/C35H37N5O3S/c1-24-30(14-9-15-32(24)44(42,43)21-20-39(2)3)31-22-27-23-36-35(37-28-18-16-26(17-19-28)25-10-7-8-11-25)38-33(27)40(34(31)41)29-12-5-4-6-13-29/h4-6,9,12-19,22-23,25H,7-8,10-11,20-21H2,1-3H3,(H,36,37,38). The first-order chi connectivity index (χ1) is 21.2. The van der Waals surface area contributed by atoms with Crippen LogP contribution in [-0.4, -0.2) is 54.2 Å². The van der Waals surface area contributed by atoms with Gasteiger partial charge in [0, 0.05) is 29.4 Å². The minimum atomic E-state index is -3.56. The van der Waals surface area contributed by atoms with Gasteiger partial charge < -0.3 is 10.2 Å². The van der Waals surface area contributed by atoms with E-state index in [0.717, 1.165) is 5.69 Å². The highest BCUT2D eigenvalue weighted by Crippen LogP contribution is 2.35. The fraction of sp³-hybridized carbons (Fsp3) is 0.286. The SMILES string of the molecule is Cc1c(-c2cc3cnc(Nc4ccc(C5CCCC5)cc4)nc3n(-c3ccccc3)c2=O)cccc1S(=O)(=O)CCN(C)C. The highest BCUT2D eigenvalue weighted by atomic mass is 32.2. The molecule has 44 heavy (non-hydrogen) atoms. The molecule has 2 aromatic heterocycles. The second-order valence-corrected chi connectivity index (χ2v) is 13.9. The maximum atomic E-state index is 14.3. The molecular formula is C35H37N5O3S. The van der Waals surface area contributed by atoms with Gasteiger partial charge in [0.25, 0.3) is 5.56 Å². The van der Waals surface area contributed by atoms with Gasteiger partial charge in [-0.15, -0.1) is 0 Å². The molecule has 226 valence electrons. The number of fused-ring (bicyclic) bond motifs is 1. The van der Waals surface area contributed by atoms with E-state index in [1.165, 1.54) is 31.2 Å². The molecule has 1 aliphatic rings. The molecule has 1 fully saturated rings. The van der Waals surface area contributed by atoms with Gasteiger partial charge in [0.15, 0.2) is 15.5 Å². The Morgan fingerprint density at radius 1 is 0.932 bits per heavy atom. The number of pyridine rings is 1. The average molecular weight is 608 g/mol. The predicted octanol–water partition coefficient (Wildman–Crippen LogP) is 6.49.